The van der Waals surface area contributed by atoms with Gasteiger partial charge in [0, 0.05) is 9.26 Å². The van der Waals surface area contributed by atoms with Crippen LogP contribution in [0.4, 0.5) is 5.69 Å². The van der Waals surface area contributed by atoms with Crippen molar-refractivity contribution in [2.24, 2.45) is 5.92 Å². The minimum absolute atomic E-state index is 0.200. The lowest BCUT2D eigenvalue weighted by molar-refractivity contribution is 0.404. The molecule has 1 saturated heterocycles. The molecule has 1 unspecified atom stereocenters. The highest BCUT2D eigenvalue weighted by Crippen LogP contribution is 2.16. The zero-order valence-electron chi connectivity index (χ0n) is 10.0. The van der Waals surface area contributed by atoms with Gasteiger partial charge in [-0.2, -0.15) is 0 Å². The molecule has 0 radical (unpaired) electrons. The highest BCUT2D eigenvalue weighted by molar-refractivity contribution is 14.1. The molecule has 2 rings (SSSR count). The molecule has 1 atom stereocenters. The van der Waals surface area contributed by atoms with Gasteiger partial charge in [0.25, 0.3) is 0 Å². The average molecular weight is 380 g/mol. The van der Waals surface area contributed by atoms with E-state index in [1.807, 2.05) is 12.1 Å². The van der Waals surface area contributed by atoms with Crippen LogP contribution in [0, 0.1) is 9.49 Å². The minimum Gasteiger partial charge on any atom is -0.316 e. The van der Waals surface area contributed by atoms with Gasteiger partial charge in [0.1, 0.15) is 0 Å². The second-order valence-electron chi connectivity index (χ2n) is 4.60. The fourth-order valence-corrected chi connectivity index (χ4v) is 3.96. The predicted octanol–water partition coefficient (Wildman–Crippen LogP) is 2.03. The molecular weight excluding hydrogens is 363 g/mol. The zero-order valence-corrected chi connectivity index (χ0v) is 13.0. The van der Waals surface area contributed by atoms with Gasteiger partial charge in [-0.1, -0.05) is 0 Å². The summed E-state index contributed by atoms with van der Waals surface area (Å²) in [6.07, 6.45) is 2.05. The maximum atomic E-state index is 12.0. The van der Waals surface area contributed by atoms with Crippen LogP contribution in [0.25, 0.3) is 0 Å². The van der Waals surface area contributed by atoms with E-state index in [0.29, 0.717) is 5.69 Å². The fraction of sp³-hybridized carbons (Fsp3) is 0.500. The van der Waals surface area contributed by atoms with E-state index in [9.17, 15) is 8.42 Å². The molecule has 1 aliphatic heterocycles. The molecule has 1 aliphatic rings. The summed E-state index contributed by atoms with van der Waals surface area (Å²) >= 11 is 2.19. The summed E-state index contributed by atoms with van der Waals surface area (Å²) in [7, 11) is -3.24. The Morgan fingerprint density at radius 2 is 2.06 bits per heavy atom. The zero-order chi connectivity index (χ0) is 13.0. The third kappa shape index (κ3) is 4.40. The van der Waals surface area contributed by atoms with Crippen molar-refractivity contribution in [1.82, 2.24) is 5.32 Å². The monoisotopic (exact) mass is 380 g/mol. The Morgan fingerprint density at radius 1 is 1.33 bits per heavy atom. The lowest BCUT2D eigenvalue weighted by Crippen LogP contribution is -2.35. The first kappa shape index (κ1) is 14.1. The standard InChI is InChI=1S/C12H17IN2O2S/c13-11-3-5-12(6-4-11)15-18(16,17)9-10-2-1-7-14-8-10/h3-6,10,14-15H,1-2,7-9H2. The van der Waals surface area contributed by atoms with Gasteiger partial charge in [0.2, 0.25) is 10.0 Å². The molecule has 1 heterocycles. The molecule has 0 bridgehead atoms. The van der Waals surface area contributed by atoms with Crippen molar-refractivity contribution in [2.75, 3.05) is 23.6 Å². The van der Waals surface area contributed by atoms with Crippen LogP contribution in [0.1, 0.15) is 12.8 Å². The van der Waals surface area contributed by atoms with Gasteiger partial charge in [-0.05, 0) is 78.7 Å². The molecule has 1 aromatic rings. The van der Waals surface area contributed by atoms with Crippen LogP contribution < -0.4 is 10.0 Å². The maximum absolute atomic E-state index is 12.0. The number of piperidine rings is 1. The quantitative estimate of drug-likeness (QED) is 0.786. The highest BCUT2D eigenvalue weighted by Gasteiger charge is 2.21. The van der Waals surface area contributed by atoms with Crippen molar-refractivity contribution in [3.63, 3.8) is 0 Å². The van der Waals surface area contributed by atoms with Crippen LogP contribution >= 0.6 is 22.6 Å². The lowest BCUT2D eigenvalue weighted by atomic mass is 10.0. The smallest absolute Gasteiger partial charge is 0.233 e. The first-order valence-electron chi connectivity index (χ1n) is 6.02. The van der Waals surface area contributed by atoms with E-state index in [4.69, 9.17) is 0 Å². The van der Waals surface area contributed by atoms with Crippen LogP contribution in [-0.4, -0.2) is 27.3 Å². The number of halogens is 1. The summed E-state index contributed by atoms with van der Waals surface area (Å²) in [5.74, 6) is 0.423. The van der Waals surface area contributed by atoms with E-state index in [1.54, 1.807) is 12.1 Å². The molecule has 0 aromatic heterocycles. The van der Waals surface area contributed by atoms with Crippen molar-refractivity contribution in [3.05, 3.63) is 27.8 Å². The summed E-state index contributed by atoms with van der Waals surface area (Å²) in [6.45, 7) is 1.80. The molecule has 100 valence electrons. The SMILES string of the molecule is O=S(=O)(CC1CCCNC1)Nc1ccc(I)cc1. The van der Waals surface area contributed by atoms with E-state index < -0.39 is 10.0 Å². The Balaban J connectivity index is 1.96. The van der Waals surface area contributed by atoms with Crippen molar-refractivity contribution in [2.45, 2.75) is 12.8 Å². The van der Waals surface area contributed by atoms with Gasteiger partial charge >= 0.3 is 0 Å². The number of sulfonamides is 1. The Kier molecular flexibility index (Phi) is 4.85. The van der Waals surface area contributed by atoms with Crippen LogP contribution in [-0.2, 0) is 10.0 Å². The first-order valence-corrected chi connectivity index (χ1v) is 8.75. The van der Waals surface area contributed by atoms with Gasteiger partial charge in [-0.3, -0.25) is 4.72 Å². The molecular formula is C12H17IN2O2S. The third-order valence-electron chi connectivity index (χ3n) is 2.97. The summed E-state index contributed by atoms with van der Waals surface area (Å²) in [6, 6.07) is 7.36. The number of hydrogen-bond acceptors (Lipinski definition) is 3. The molecule has 0 saturated carbocycles. The molecule has 1 fully saturated rings. The lowest BCUT2D eigenvalue weighted by Gasteiger charge is -2.22. The predicted molar refractivity (Wildman–Crippen MR) is 82.2 cm³/mol. The summed E-state index contributed by atoms with van der Waals surface area (Å²) in [5, 5.41) is 3.24. The topological polar surface area (TPSA) is 58.2 Å². The maximum Gasteiger partial charge on any atom is 0.233 e. The van der Waals surface area contributed by atoms with Crippen molar-refractivity contribution >= 4 is 38.3 Å². The van der Waals surface area contributed by atoms with Crippen LogP contribution in [0.5, 0.6) is 0 Å². The molecule has 0 amide bonds. The van der Waals surface area contributed by atoms with Gasteiger partial charge in [0.05, 0.1) is 5.75 Å². The van der Waals surface area contributed by atoms with E-state index in [2.05, 4.69) is 32.6 Å². The highest BCUT2D eigenvalue weighted by atomic mass is 127. The van der Waals surface area contributed by atoms with Crippen molar-refractivity contribution in [1.29, 1.82) is 0 Å². The van der Waals surface area contributed by atoms with Gasteiger partial charge in [-0.15, -0.1) is 0 Å². The summed E-state index contributed by atoms with van der Waals surface area (Å²) < 4.78 is 27.7. The molecule has 0 aliphatic carbocycles. The Hall–Kier alpha value is -0.340. The molecule has 1 aromatic carbocycles. The Morgan fingerprint density at radius 3 is 2.67 bits per heavy atom. The summed E-state index contributed by atoms with van der Waals surface area (Å²) in [5.41, 5.74) is 0.638. The fourth-order valence-electron chi connectivity index (χ4n) is 2.12. The second kappa shape index (κ2) is 6.21. The first-order chi connectivity index (χ1) is 8.55. The van der Waals surface area contributed by atoms with Crippen molar-refractivity contribution in [3.8, 4) is 0 Å². The largest absolute Gasteiger partial charge is 0.316 e. The van der Waals surface area contributed by atoms with E-state index >= 15 is 0 Å². The molecule has 18 heavy (non-hydrogen) atoms. The van der Waals surface area contributed by atoms with E-state index in [1.165, 1.54) is 0 Å². The van der Waals surface area contributed by atoms with Crippen LogP contribution in [0.15, 0.2) is 24.3 Å². The minimum atomic E-state index is -3.24. The van der Waals surface area contributed by atoms with Crippen LogP contribution in [0.3, 0.4) is 0 Å². The second-order valence-corrected chi connectivity index (χ2v) is 7.62. The van der Waals surface area contributed by atoms with Gasteiger partial charge in [0.15, 0.2) is 0 Å². The number of rotatable bonds is 4. The number of anilines is 1. The molecule has 6 heteroatoms. The third-order valence-corrected chi connectivity index (χ3v) is 5.15. The van der Waals surface area contributed by atoms with Gasteiger partial charge < -0.3 is 5.32 Å². The van der Waals surface area contributed by atoms with Crippen LogP contribution in [0.2, 0.25) is 0 Å². The molecule has 0 spiro atoms. The Labute approximate surface area is 122 Å². The average Bonchev–Trinajstić information content (AvgIpc) is 2.32. The number of hydrogen-bond donors (Lipinski definition) is 2. The van der Waals surface area contributed by atoms with Crippen molar-refractivity contribution < 1.29 is 8.42 Å². The van der Waals surface area contributed by atoms with Gasteiger partial charge in [-0.25, -0.2) is 8.42 Å². The van der Waals surface area contributed by atoms with E-state index in [-0.39, 0.29) is 11.7 Å². The normalized spacial score (nSPS) is 20.6. The molecule has 2 N–H and O–H groups in total. The Bertz CT molecular complexity index is 481. The van der Waals surface area contributed by atoms with E-state index in [0.717, 1.165) is 29.5 Å². The molecule has 4 nitrogen and oxygen atoms in total. The summed E-state index contributed by atoms with van der Waals surface area (Å²) in [4.78, 5) is 0. The number of benzene rings is 1. The number of nitrogens with one attached hydrogen (secondary N) is 2.